The van der Waals surface area contributed by atoms with Gasteiger partial charge in [-0.25, -0.2) is 4.98 Å². The Hall–Kier alpha value is -1.81. The first-order chi connectivity index (χ1) is 9.33. The van der Waals surface area contributed by atoms with Gasteiger partial charge in [-0.1, -0.05) is 25.5 Å². The van der Waals surface area contributed by atoms with E-state index in [0.717, 1.165) is 24.6 Å². The smallest absolute Gasteiger partial charge is 0.207 e. The van der Waals surface area contributed by atoms with Gasteiger partial charge >= 0.3 is 0 Å². The van der Waals surface area contributed by atoms with Crippen molar-refractivity contribution in [3.63, 3.8) is 0 Å². The van der Waals surface area contributed by atoms with Crippen LogP contribution in [0.25, 0.3) is 0 Å². The molecular weight excluding hydrogens is 238 g/mol. The molecule has 1 heterocycles. The third kappa shape index (κ3) is 3.83. The number of imidazole rings is 1. The maximum atomic E-state index is 5.09. The van der Waals surface area contributed by atoms with Crippen LogP contribution in [0.1, 0.15) is 18.9 Å². The lowest BCUT2D eigenvalue weighted by Gasteiger charge is -2.10. The molecule has 1 aromatic carbocycles. The van der Waals surface area contributed by atoms with Crippen LogP contribution in [0.3, 0.4) is 0 Å². The largest absolute Gasteiger partial charge is 0.383 e. The van der Waals surface area contributed by atoms with E-state index >= 15 is 0 Å². The Bertz CT molecular complexity index is 490. The Morgan fingerprint density at radius 3 is 2.74 bits per heavy atom. The summed E-state index contributed by atoms with van der Waals surface area (Å²) in [6, 6.07) is 8.52. The molecule has 4 nitrogen and oxygen atoms in total. The minimum Gasteiger partial charge on any atom is -0.383 e. The second-order valence-corrected chi connectivity index (χ2v) is 4.51. The van der Waals surface area contributed by atoms with Crippen LogP contribution in [0.4, 0.5) is 11.6 Å². The van der Waals surface area contributed by atoms with Gasteiger partial charge in [0.05, 0.1) is 6.61 Å². The Kier molecular flexibility index (Phi) is 4.98. The summed E-state index contributed by atoms with van der Waals surface area (Å²) in [5.41, 5.74) is 2.43. The van der Waals surface area contributed by atoms with Crippen molar-refractivity contribution in [3.8, 4) is 0 Å². The molecule has 19 heavy (non-hydrogen) atoms. The molecular formula is C15H21N3O. The molecule has 4 heteroatoms. The fourth-order valence-electron chi connectivity index (χ4n) is 1.98. The lowest BCUT2D eigenvalue weighted by atomic mass is 10.1. The molecule has 1 N–H and O–H groups in total. The van der Waals surface area contributed by atoms with E-state index in [4.69, 9.17) is 4.74 Å². The highest BCUT2D eigenvalue weighted by Crippen LogP contribution is 2.16. The second-order valence-electron chi connectivity index (χ2n) is 4.51. The molecule has 0 aliphatic heterocycles. The number of hydrogen-bond acceptors (Lipinski definition) is 3. The molecule has 1 aromatic heterocycles. The van der Waals surface area contributed by atoms with Crippen LogP contribution in [0, 0.1) is 0 Å². The molecule has 2 aromatic rings. The molecule has 0 saturated carbocycles. The molecule has 0 aliphatic carbocycles. The van der Waals surface area contributed by atoms with E-state index in [1.807, 2.05) is 10.8 Å². The highest BCUT2D eigenvalue weighted by Gasteiger charge is 2.02. The van der Waals surface area contributed by atoms with Gasteiger partial charge in [-0.15, -0.1) is 0 Å². The van der Waals surface area contributed by atoms with E-state index in [2.05, 4.69) is 41.5 Å². The normalized spacial score (nSPS) is 10.6. The summed E-state index contributed by atoms with van der Waals surface area (Å²) in [7, 11) is 1.70. The maximum absolute atomic E-state index is 5.09. The summed E-state index contributed by atoms with van der Waals surface area (Å²) in [5, 5.41) is 3.33. The van der Waals surface area contributed by atoms with Crippen LogP contribution in [-0.4, -0.2) is 23.3 Å². The molecule has 0 unspecified atom stereocenters. The van der Waals surface area contributed by atoms with Gasteiger partial charge in [0, 0.05) is 31.7 Å². The third-order valence-electron chi connectivity index (χ3n) is 3.00. The Balaban J connectivity index is 2.02. The van der Waals surface area contributed by atoms with Gasteiger partial charge in [-0.3, -0.25) is 0 Å². The number of ether oxygens (including phenoxy) is 1. The minimum atomic E-state index is 0.681. The summed E-state index contributed by atoms with van der Waals surface area (Å²) in [4.78, 5) is 4.32. The molecule has 0 saturated heterocycles. The zero-order chi connectivity index (χ0) is 13.5. The van der Waals surface area contributed by atoms with E-state index in [9.17, 15) is 0 Å². The molecule has 102 valence electrons. The lowest BCUT2D eigenvalue weighted by Crippen LogP contribution is -2.07. The molecule has 0 spiro atoms. The first-order valence-electron chi connectivity index (χ1n) is 6.69. The number of hydrogen-bond donors (Lipinski definition) is 1. The Labute approximate surface area is 114 Å². The SMILES string of the molecule is CCCc1ccc(Nc2nccn2CCOC)cc1. The fourth-order valence-corrected chi connectivity index (χ4v) is 1.98. The molecule has 0 radical (unpaired) electrons. The van der Waals surface area contributed by atoms with Gasteiger partial charge in [-0.05, 0) is 24.1 Å². The van der Waals surface area contributed by atoms with Crippen LogP contribution in [0.2, 0.25) is 0 Å². The van der Waals surface area contributed by atoms with Crippen LogP contribution < -0.4 is 5.32 Å². The van der Waals surface area contributed by atoms with Crippen molar-refractivity contribution in [2.24, 2.45) is 0 Å². The molecule has 0 bridgehead atoms. The summed E-state index contributed by atoms with van der Waals surface area (Å²) < 4.78 is 7.13. The van der Waals surface area contributed by atoms with Crippen LogP contribution in [0.5, 0.6) is 0 Å². The maximum Gasteiger partial charge on any atom is 0.207 e. The number of nitrogens with one attached hydrogen (secondary N) is 1. The minimum absolute atomic E-state index is 0.681. The van der Waals surface area contributed by atoms with Crippen molar-refractivity contribution in [1.82, 2.24) is 9.55 Å². The van der Waals surface area contributed by atoms with Gasteiger partial charge in [0.2, 0.25) is 5.95 Å². The van der Waals surface area contributed by atoms with E-state index in [1.165, 1.54) is 12.0 Å². The summed E-state index contributed by atoms with van der Waals surface area (Å²) in [5.74, 6) is 0.847. The van der Waals surface area contributed by atoms with Gasteiger partial charge in [0.1, 0.15) is 0 Å². The quantitative estimate of drug-likeness (QED) is 0.829. The number of methoxy groups -OCH3 is 1. The van der Waals surface area contributed by atoms with Gasteiger partial charge < -0.3 is 14.6 Å². The number of nitrogens with zero attached hydrogens (tertiary/aromatic N) is 2. The number of benzene rings is 1. The number of aromatic nitrogens is 2. The number of rotatable bonds is 7. The summed E-state index contributed by atoms with van der Waals surface area (Å²) >= 11 is 0. The molecule has 0 atom stereocenters. The highest BCUT2D eigenvalue weighted by atomic mass is 16.5. The lowest BCUT2D eigenvalue weighted by molar-refractivity contribution is 0.188. The van der Waals surface area contributed by atoms with Crippen LogP contribution >= 0.6 is 0 Å². The van der Waals surface area contributed by atoms with Crippen LogP contribution in [0.15, 0.2) is 36.7 Å². The van der Waals surface area contributed by atoms with Crippen molar-refractivity contribution in [2.75, 3.05) is 19.0 Å². The number of aryl methyl sites for hydroxylation is 1. The summed E-state index contributed by atoms with van der Waals surface area (Å²) in [6.07, 6.45) is 6.05. The molecule has 2 rings (SSSR count). The van der Waals surface area contributed by atoms with Crippen molar-refractivity contribution in [3.05, 3.63) is 42.2 Å². The van der Waals surface area contributed by atoms with Gasteiger partial charge in [0.15, 0.2) is 0 Å². The van der Waals surface area contributed by atoms with E-state index in [0.29, 0.717) is 6.61 Å². The predicted molar refractivity (Wildman–Crippen MR) is 77.8 cm³/mol. The average Bonchev–Trinajstić information content (AvgIpc) is 2.86. The van der Waals surface area contributed by atoms with Crippen molar-refractivity contribution in [2.45, 2.75) is 26.3 Å². The first-order valence-corrected chi connectivity index (χ1v) is 6.69. The van der Waals surface area contributed by atoms with Crippen LogP contribution in [-0.2, 0) is 17.7 Å². The molecule has 0 fully saturated rings. The highest BCUT2D eigenvalue weighted by molar-refractivity contribution is 5.54. The van der Waals surface area contributed by atoms with Gasteiger partial charge in [0.25, 0.3) is 0 Å². The Morgan fingerprint density at radius 1 is 1.26 bits per heavy atom. The first kappa shape index (κ1) is 13.6. The topological polar surface area (TPSA) is 39.1 Å². The second kappa shape index (κ2) is 6.95. The zero-order valence-corrected chi connectivity index (χ0v) is 11.6. The number of anilines is 2. The van der Waals surface area contributed by atoms with E-state index < -0.39 is 0 Å². The standard InChI is InChI=1S/C15H21N3O/c1-3-4-13-5-7-14(8-6-13)17-15-16-9-10-18(15)11-12-19-2/h5-10H,3-4,11-12H2,1-2H3,(H,16,17). The van der Waals surface area contributed by atoms with Crippen molar-refractivity contribution < 1.29 is 4.74 Å². The van der Waals surface area contributed by atoms with Crippen molar-refractivity contribution in [1.29, 1.82) is 0 Å². The molecule has 0 amide bonds. The fraction of sp³-hybridized carbons (Fsp3) is 0.400. The monoisotopic (exact) mass is 259 g/mol. The average molecular weight is 259 g/mol. The van der Waals surface area contributed by atoms with Crippen molar-refractivity contribution >= 4 is 11.6 Å². The zero-order valence-electron chi connectivity index (χ0n) is 11.6. The van der Waals surface area contributed by atoms with E-state index in [1.54, 1.807) is 13.3 Å². The van der Waals surface area contributed by atoms with E-state index in [-0.39, 0.29) is 0 Å². The molecule has 0 aliphatic rings. The Morgan fingerprint density at radius 2 is 2.05 bits per heavy atom. The predicted octanol–water partition coefficient (Wildman–Crippen LogP) is 3.23. The summed E-state index contributed by atoms with van der Waals surface area (Å²) in [6.45, 7) is 3.67. The van der Waals surface area contributed by atoms with Gasteiger partial charge in [-0.2, -0.15) is 0 Å². The third-order valence-corrected chi connectivity index (χ3v) is 3.00.